The molecular formula is C24H24N8O. The number of carbonyl (C=O) groups excluding carboxylic acids is 1. The molecule has 2 aromatic carbocycles. The first kappa shape index (κ1) is 23.2. The van der Waals surface area contributed by atoms with Crippen LogP contribution in [-0.4, -0.2) is 28.5 Å². The van der Waals surface area contributed by atoms with Crippen LogP contribution in [0.5, 0.6) is 0 Å². The third kappa shape index (κ3) is 5.41. The highest BCUT2D eigenvalue weighted by Crippen LogP contribution is 2.32. The zero-order valence-electron chi connectivity index (χ0n) is 18.8. The van der Waals surface area contributed by atoms with E-state index in [1.807, 2.05) is 54.6 Å². The zero-order valence-corrected chi connectivity index (χ0v) is 18.8. The van der Waals surface area contributed by atoms with Gasteiger partial charge < -0.3 is 10.2 Å². The molecule has 33 heavy (non-hydrogen) atoms. The van der Waals surface area contributed by atoms with Gasteiger partial charge in [0.15, 0.2) is 11.4 Å². The van der Waals surface area contributed by atoms with E-state index in [0.29, 0.717) is 17.9 Å². The van der Waals surface area contributed by atoms with Crippen molar-refractivity contribution in [2.75, 3.05) is 23.3 Å². The molecule has 0 aliphatic heterocycles. The highest BCUT2D eigenvalue weighted by atomic mass is 16.1. The lowest BCUT2D eigenvalue weighted by atomic mass is 10.2. The van der Waals surface area contributed by atoms with Gasteiger partial charge in [0, 0.05) is 25.7 Å². The molecule has 0 fully saturated rings. The van der Waals surface area contributed by atoms with E-state index in [0.717, 1.165) is 24.3 Å². The standard InChI is InChI=1S/C24H24N8O/c1-4-31(5-2)19-11-12-20(21(13-19)27-17(3)33)29-30-24-28-22(14-25)23(15-26)32(24)16-18-9-7-6-8-10-18/h6-13H,4-5,16H2,1-3H3,(H,27,33)/b30-29+. The summed E-state index contributed by atoms with van der Waals surface area (Å²) in [7, 11) is 0. The van der Waals surface area contributed by atoms with Gasteiger partial charge in [-0.2, -0.15) is 15.5 Å². The molecule has 0 saturated carbocycles. The Morgan fingerprint density at radius 2 is 1.82 bits per heavy atom. The lowest BCUT2D eigenvalue weighted by Crippen LogP contribution is -2.21. The predicted octanol–water partition coefficient (Wildman–Crippen LogP) is 4.89. The van der Waals surface area contributed by atoms with E-state index < -0.39 is 0 Å². The Morgan fingerprint density at radius 3 is 2.42 bits per heavy atom. The normalized spacial score (nSPS) is 10.6. The molecule has 9 heteroatoms. The number of hydrogen-bond acceptors (Lipinski definition) is 7. The Kier molecular flexibility index (Phi) is 7.51. The first-order valence-corrected chi connectivity index (χ1v) is 10.5. The topological polar surface area (TPSA) is 122 Å². The average Bonchev–Trinajstić information content (AvgIpc) is 3.16. The Labute approximate surface area is 192 Å². The van der Waals surface area contributed by atoms with Gasteiger partial charge in [0.25, 0.3) is 5.95 Å². The van der Waals surface area contributed by atoms with Gasteiger partial charge in [0.05, 0.1) is 12.2 Å². The van der Waals surface area contributed by atoms with Crippen LogP contribution in [0, 0.1) is 22.7 Å². The molecule has 3 aromatic rings. The first-order chi connectivity index (χ1) is 16.0. The summed E-state index contributed by atoms with van der Waals surface area (Å²) in [6, 6.07) is 19.0. The maximum atomic E-state index is 11.8. The molecule has 0 aliphatic rings. The van der Waals surface area contributed by atoms with Crippen molar-refractivity contribution in [2.45, 2.75) is 27.3 Å². The average molecular weight is 441 g/mol. The van der Waals surface area contributed by atoms with E-state index in [-0.39, 0.29) is 23.2 Å². The van der Waals surface area contributed by atoms with Crippen LogP contribution >= 0.6 is 0 Å². The molecule has 9 nitrogen and oxygen atoms in total. The van der Waals surface area contributed by atoms with Crippen LogP contribution in [0.4, 0.5) is 23.0 Å². The van der Waals surface area contributed by atoms with Gasteiger partial charge >= 0.3 is 0 Å². The minimum Gasteiger partial charge on any atom is -0.372 e. The fraction of sp³-hybridized carbons (Fsp3) is 0.250. The summed E-state index contributed by atoms with van der Waals surface area (Å²) in [6.45, 7) is 7.49. The van der Waals surface area contributed by atoms with Gasteiger partial charge in [0.1, 0.15) is 17.8 Å². The Balaban J connectivity index is 2.04. The molecule has 0 saturated heterocycles. The molecule has 0 radical (unpaired) electrons. The van der Waals surface area contributed by atoms with Crippen molar-refractivity contribution in [2.24, 2.45) is 10.2 Å². The molecule has 1 N–H and O–H groups in total. The summed E-state index contributed by atoms with van der Waals surface area (Å²) in [5.74, 6) is -0.0965. The molecule has 0 spiro atoms. The number of benzene rings is 2. The van der Waals surface area contributed by atoms with Gasteiger partial charge in [-0.25, -0.2) is 0 Å². The van der Waals surface area contributed by atoms with E-state index in [9.17, 15) is 15.3 Å². The van der Waals surface area contributed by atoms with Crippen LogP contribution in [0.3, 0.4) is 0 Å². The van der Waals surface area contributed by atoms with Gasteiger partial charge in [-0.1, -0.05) is 30.3 Å². The maximum Gasteiger partial charge on any atom is 0.252 e. The summed E-state index contributed by atoms with van der Waals surface area (Å²) in [4.78, 5) is 18.1. The van der Waals surface area contributed by atoms with E-state index >= 15 is 0 Å². The monoisotopic (exact) mass is 440 g/mol. The molecule has 0 atom stereocenters. The van der Waals surface area contributed by atoms with Crippen molar-refractivity contribution < 1.29 is 4.79 Å². The van der Waals surface area contributed by atoms with Crippen LogP contribution in [0.15, 0.2) is 58.8 Å². The summed E-state index contributed by atoms with van der Waals surface area (Å²) in [5.41, 5.74) is 2.93. The minimum absolute atomic E-state index is 0.0126. The van der Waals surface area contributed by atoms with Crippen molar-refractivity contribution in [3.8, 4) is 12.1 Å². The number of nitrogens with zero attached hydrogens (tertiary/aromatic N) is 7. The number of nitriles is 2. The first-order valence-electron chi connectivity index (χ1n) is 10.5. The van der Waals surface area contributed by atoms with Crippen molar-refractivity contribution in [3.05, 3.63) is 65.5 Å². The molecular weight excluding hydrogens is 416 g/mol. The molecule has 0 aliphatic carbocycles. The fourth-order valence-corrected chi connectivity index (χ4v) is 3.41. The Morgan fingerprint density at radius 1 is 1.09 bits per heavy atom. The third-order valence-corrected chi connectivity index (χ3v) is 5.01. The van der Waals surface area contributed by atoms with E-state index in [1.165, 1.54) is 6.92 Å². The molecule has 0 unspecified atom stereocenters. The number of carbonyl (C=O) groups is 1. The van der Waals surface area contributed by atoms with Gasteiger partial charge in [-0.3, -0.25) is 9.36 Å². The van der Waals surface area contributed by atoms with Crippen LogP contribution in [-0.2, 0) is 11.3 Å². The number of rotatable bonds is 8. The van der Waals surface area contributed by atoms with E-state index in [2.05, 4.69) is 39.3 Å². The molecule has 1 heterocycles. The van der Waals surface area contributed by atoms with Crippen LogP contribution < -0.4 is 10.2 Å². The zero-order chi connectivity index (χ0) is 23.8. The third-order valence-electron chi connectivity index (χ3n) is 5.01. The number of nitrogens with one attached hydrogen (secondary N) is 1. The molecule has 0 bridgehead atoms. The lowest BCUT2D eigenvalue weighted by molar-refractivity contribution is -0.114. The van der Waals surface area contributed by atoms with Crippen molar-refractivity contribution in [3.63, 3.8) is 0 Å². The molecule has 3 rings (SSSR count). The smallest absolute Gasteiger partial charge is 0.252 e. The Bertz CT molecular complexity index is 1240. The number of amides is 1. The number of azo groups is 1. The summed E-state index contributed by atoms with van der Waals surface area (Å²) in [6.07, 6.45) is 0. The second-order valence-corrected chi connectivity index (χ2v) is 7.16. The quantitative estimate of drug-likeness (QED) is 0.499. The highest BCUT2D eigenvalue weighted by molar-refractivity contribution is 5.93. The fourth-order valence-electron chi connectivity index (χ4n) is 3.41. The van der Waals surface area contributed by atoms with Crippen molar-refractivity contribution in [1.82, 2.24) is 9.55 Å². The second-order valence-electron chi connectivity index (χ2n) is 7.16. The van der Waals surface area contributed by atoms with Crippen molar-refractivity contribution in [1.29, 1.82) is 10.5 Å². The molecule has 166 valence electrons. The van der Waals surface area contributed by atoms with Crippen LogP contribution in [0.2, 0.25) is 0 Å². The maximum absolute atomic E-state index is 11.8. The summed E-state index contributed by atoms with van der Waals surface area (Å²) < 4.78 is 1.56. The molecule has 1 amide bonds. The number of hydrogen-bond donors (Lipinski definition) is 1. The Hall–Kier alpha value is -4.50. The van der Waals surface area contributed by atoms with E-state index in [4.69, 9.17) is 0 Å². The number of anilines is 2. The van der Waals surface area contributed by atoms with Crippen LogP contribution in [0.1, 0.15) is 37.7 Å². The van der Waals surface area contributed by atoms with Gasteiger partial charge in [-0.15, -0.1) is 10.2 Å². The predicted molar refractivity (Wildman–Crippen MR) is 126 cm³/mol. The molecule has 1 aromatic heterocycles. The van der Waals surface area contributed by atoms with Gasteiger partial charge in [-0.05, 0) is 37.6 Å². The second kappa shape index (κ2) is 10.7. The SMILES string of the molecule is CCN(CC)c1ccc(/N=N/c2nc(C#N)c(C#N)n2Cc2ccccc2)c(NC(C)=O)c1. The van der Waals surface area contributed by atoms with Crippen LogP contribution in [0.25, 0.3) is 0 Å². The largest absolute Gasteiger partial charge is 0.372 e. The number of imidazole rings is 1. The number of aromatic nitrogens is 2. The van der Waals surface area contributed by atoms with Gasteiger partial charge in [0.2, 0.25) is 5.91 Å². The summed E-state index contributed by atoms with van der Waals surface area (Å²) >= 11 is 0. The van der Waals surface area contributed by atoms with Crippen molar-refractivity contribution >= 4 is 28.9 Å². The highest BCUT2D eigenvalue weighted by Gasteiger charge is 2.17. The summed E-state index contributed by atoms with van der Waals surface area (Å²) in [5, 5.41) is 30.3. The minimum atomic E-state index is -0.229. The lowest BCUT2D eigenvalue weighted by Gasteiger charge is -2.22. The van der Waals surface area contributed by atoms with E-state index in [1.54, 1.807) is 10.6 Å².